The molecule has 1 amide bonds. The fourth-order valence-electron chi connectivity index (χ4n) is 4.11. The van der Waals surface area contributed by atoms with Crippen molar-refractivity contribution in [2.24, 2.45) is 4.99 Å². The average Bonchev–Trinajstić information content (AvgIpc) is 3.28. The van der Waals surface area contributed by atoms with Crippen LogP contribution in [-0.2, 0) is 20.9 Å². The zero-order chi connectivity index (χ0) is 25.7. The number of carbonyl (C=O) groups is 2. The van der Waals surface area contributed by atoms with Crippen molar-refractivity contribution >= 4 is 28.8 Å². The highest BCUT2D eigenvalue weighted by atomic mass is 32.2. The number of hydrogen-bond acceptors (Lipinski definition) is 9. The fraction of sp³-hybridized carbons (Fsp3) is 0.308. The van der Waals surface area contributed by atoms with E-state index in [1.54, 1.807) is 46.5 Å². The summed E-state index contributed by atoms with van der Waals surface area (Å²) in [7, 11) is 3.15. The first-order valence-corrected chi connectivity index (χ1v) is 12.3. The number of thioether (sulfide) groups is 1. The molecule has 188 valence electrons. The maximum Gasteiger partial charge on any atom is 0.338 e. The van der Waals surface area contributed by atoms with Crippen LogP contribution in [0.3, 0.4) is 0 Å². The third-order valence-corrected chi connectivity index (χ3v) is 6.67. The highest BCUT2D eigenvalue weighted by Gasteiger charge is 2.42. The molecule has 9 nitrogen and oxygen atoms in total. The first-order valence-electron chi connectivity index (χ1n) is 11.5. The molecular formula is C26H28N4O5S. The minimum atomic E-state index is -0.593. The number of fused-ring (bicyclic) bond motifs is 1. The van der Waals surface area contributed by atoms with E-state index in [4.69, 9.17) is 14.2 Å². The second-order valence-corrected chi connectivity index (χ2v) is 8.87. The predicted molar refractivity (Wildman–Crippen MR) is 137 cm³/mol. The van der Waals surface area contributed by atoms with Crippen molar-refractivity contribution in [1.82, 2.24) is 15.2 Å². The van der Waals surface area contributed by atoms with Gasteiger partial charge in [-0.15, -0.1) is 0 Å². The van der Waals surface area contributed by atoms with Gasteiger partial charge in [-0.25, -0.2) is 9.79 Å². The molecule has 2 aliphatic heterocycles. The minimum absolute atomic E-state index is 0.108. The van der Waals surface area contributed by atoms with Gasteiger partial charge in [0.2, 0.25) is 5.91 Å². The smallest absolute Gasteiger partial charge is 0.338 e. The van der Waals surface area contributed by atoms with Gasteiger partial charge in [-0.2, -0.15) is 0 Å². The second kappa shape index (κ2) is 11.3. The molecule has 0 saturated carbocycles. The van der Waals surface area contributed by atoms with Gasteiger partial charge in [0.15, 0.2) is 5.17 Å². The maximum absolute atomic E-state index is 13.1. The number of esters is 1. The second-order valence-electron chi connectivity index (χ2n) is 8.04. The van der Waals surface area contributed by atoms with Gasteiger partial charge in [-0.3, -0.25) is 9.78 Å². The number of rotatable bonds is 9. The van der Waals surface area contributed by atoms with E-state index < -0.39 is 12.0 Å². The van der Waals surface area contributed by atoms with Crippen LogP contribution in [-0.4, -0.2) is 47.8 Å². The molecule has 0 spiro atoms. The first-order chi connectivity index (χ1) is 17.5. The third-order valence-electron chi connectivity index (χ3n) is 5.79. The Kier molecular flexibility index (Phi) is 7.94. The molecule has 0 bridgehead atoms. The largest absolute Gasteiger partial charge is 0.497 e. The zero-order valence-electron chi connectivity index (χ0n) is 20.6. The molecule has 0 aliphatic carbocycles. The van der Waals surface area contributed by atoms with E-state index in [1.165, 1.54) is 11.8 Å². The van der Waals surface area contributed by atoms with Crippen molar-refractivity contribution in [1.29, 1.82) is 0 Å². The number of allylic oxidation sites excluding steroid dienone is 1. The Morgan fingerprint density at radius 1 is 1.19 bits per heavy atom. The maximum atomic E-state index is 13.1. The van der Waals surface area contributed by atoms with Crippen molar-refractivity contribution in [2.45, 2.75) is 32.9 Å². The van der Waals surface area contributed by atoms with Crippen LogP contribution >= 0.6 is 11.8 Å². The lowest BCUT2D eigenvalue weighted by molar-refractivity contribution is -0.139. The van der Waals surface area contributed by atoms with Crippen LogP contribution in [0, 0.1) is 0 Å². The number of carbonyl (C=O) groups excluding carboxylic acids is 2. The SMILES string of the molecule is CCOC(=O)C1=C(C)N=C2SC=C(CC(=O)NCc3cccnc3)N2C1c1ccc(OC)cc1OC. The number of ether oxygens (including phenoxy) is 3. The number of nitrogens with one attached hydrogen (secondary N) is 1. The monoisotopic (exact) mass is 508 g/mol. The van der Waals surface area contributed by atoms with Crippen LogP contribution in [0.5, 0.6) is 11.5 Å². The summed E-state index contributed by atoms with van der Waals surface area (Å²) >= 11 is 1.41. The Morgan fingerprint density at radius 2 is 2.03 bits per heavy atom. The Labute approximate surface area is 214 Å². The zero-order valence-corrected chi connectivity index (χ0v) is 21.4. The molecule has 0 fully saturated rings. The van der Waals surface area contributed by atoms with E-state index in [-0.39, 0.29) is 18.9 Å². The molecule has 1 N–H and O–H groups in total. The van der Waals surface area contributed by atoms with Gasteiger partial charge in [0.05, 0.1) is 44.6 Å². The molecule has 1 aromatic carbocycles. The Hall–Kier alpha value is -3.79. The Morgan fingerprint density at radius 3 is 2.72 bits per heavy atom. The summed E-state index contributed by atoms with van der Waals surface area (Å²) in [6.45, 7) is 4.15. The van der Waals surface area contributed by atoms with Gasteiger partial charge in [0.25, 0.3) is 0 Å². The van der Waals surface area contributed by atoms with Crippen LogP contribution in [0.1, 0.15) is 37.4 Å². The molecule has 36 heavy (non-hydrogen) atoms. The van der Waals surface area contributed by atoms with E-state index in [2.05, 4.69) is 15.3 Å². The van der Waals surface area contributed by atoms with E-state index in [0.29, 0.717) is 34.5 Å². The summed E-state index contributed by atoms with van der Waals surface area (Å²) in [5.74, 6) is 0.557. The molecular weight excluding hydrogens is 480 g/mol. The predicted octanol–water partition coefficient (Wildman–Crippen LogP) is 3.94. The minimum Gasteiger partial charge on any atom is -0.497 e. The topological polar surface area (TPSA) is 102 Å². The summed E-state index contributed by atoms with van der Waals surface area (Å²) in [6, 6.07) is 8.58. The third kappa shape index (κ3) is 5.23. The van der Waals surface area contributed by atoms with Gasteiger partial charge < -0.3 is 24.4 Å². The quantitative estimate of drug-likeness (QED) is 0.508. The van der Waals surface area contributed by atoms with Crippen molar-refractivity contribution < 1.29 is 23.8 Å². The highest BCUT2D eigenvalue weighted by Crippen LogP contribution is 2.47. The number of aliphatic imine (C=N–C) groups is 1. The molecule has 2 aliphatic rings. The first kappa shape index (κ1) is 25.3. The van der Waals surface area contributed by atoms with Gasteiger partial charge >= 0.3 is 5.97 Å². The number of methoxy groups -OCH3 is 2. The molecule has 1 unspecified atom stereocenters. The summed E-state index contributed by atoms with van der Waals surface area (Å²) in [5, 5.41) is 5.51. The summed E-state index contributed by atoms with van der Waals surface area (Å²) in [5.41, 5.74) is 3.32. The lowest BCUT2D eigenvalue weighted by Crippen LogP contribution is -2.38. The van der Waals surface area contributed by atoms with Gasteiger partial charge in [-0.05, 0) is 43.0 Å². The molecule has 0 radical (unpaired) electrons. The number of amidine groups is 1. The van der Waals surface area contributed by atoms with Crippen molar-refractivity contribution in [2.75, 3.05) is 20.8 Å². The Balaban J connectivity index is 1.67. The number of aromatic nitrogens is 1. The van der Waals surface area contributed by atoms with Crippen LogP contribution < -0.4 is 14.8 Å². The highest BCUT2D eigenvalue weighted by molar-refractivity contribution is 8.16. The number of nitrogens with zero attached hydrogens (tertiary/aromatic N) is 3. The number of hydrogen-bond donors (Lipinski definition) is 1. The molecule has 10 heteroatoms. The summed E-state index contributed by atoms with van der Waals surface area (Å²) in [6.07, 6.45) is 3.51. The van der Waals surface area contributed by atoms with Crippen LogP contribution in [0.15, 0.2) is 70.1 Å². The molecule has 1 atom stereocenters. The Bertz CT molecular complexity index is 1240. The van der Waals surface area contributed by atoms with Gasteiger partial charge in [0.1, 0.15) is 11.5 Å². The van der Waals surface area contributed by atoms with E-state index in [1.807, 2.05) is 34.6 Å². The number of pyridine rings is 1. The van der Waals surface area contributed by atoms with Crippen molar-refractivity contribution in [3.63, 3.8) is 0 Å². The van der Waals surface area contributed by atoms with E-state index in [9.17, 15) is 9.59 Å². The molecule has 0 saturated heterocycles. The summed E-state index contributed by atoms with van der Waals surface area (Å²) in [4.78, 5) is 36.7. The number of benzene rings is 1. The fourth-order valence-corrected chi connectivity index (χ4v) is 5.07. The average molecular weight is 509 g/mol. The lowest BCUT2D eigenvalue weighted by Gasteiger charge is -2.36. The van der Waals surface area contributed by atoms with E-state index >= 15 is 0 Å². The van der Waals surface area contributed by atoms with Crippen LogP contribution in [0.25, 0.3) is 0 Å². The van der Waals surface area contributed by atoms with E-state index in [0.717, 1.165) is 16.8 Å². The van der Waals surface area contributed by atoms with Gasteiger partial charge in [-0.1, -0.05) is 17.8 Å². The lowest BCUT2D eigenvalue weighted by atomic mass is 9.93. The molecule has 3 heterocycles. The number of amides is 1. The molecule has 2 aromatic rings. The van der Waals surface area contributed by atoms with Crippen molar-refractivity contribution in [3.05, 3.63) is 76.2 Å². The molecule has 4 rings (SSSR count). The summed E-state index contributed by atoms with van der Waals surface area (Å²) < 4.78 is 16.5. The normalized spacial score (nSPS) is 16.7. The van der Waals surface area contributed by atoms with Crippen LogP contribution in [0.4, 0.5) is 0 Å². The molecule has 1 aromatic heterocycles. The van der Waals surface area contributed by atoms with Crippen LogP contribution in [0.2, 0.25) is 0 Å². The van der Waals surface area contributed by atoms with Gasteiger partial charge in [0, 0.05) is 36.3 Å². The van der Waals surface area contributed by atoms with Crippen molar-refractivity contribution in [3.8, 4) is 11.5 Å². The standard InChI is InChI=1S/C26H28N4O5S/c1-5-35-25(32)23-16(2)29-26-30(24(23)20-9-8-19(33-3)12-21(20)34-4)18(15-36-26)11-22(31)28-14-17-7-6-10-27-13-17/h6-10,12-13,15,24H,5,11,14H2,1-4H3,(H,28,31).